The van der Waals surface area contributed by atoms with E-state index in [-0.39, 0.29) is 18.9 Å². The van der Waals surface area contributed by atoms with Gasteiger partial charge in [-0.3, -0.25) is 9.59 Å². The van der Waals surface area contributed by atoms with Crippen LogP contribution in [0.4, 0.5) is 0 Å². The summed E-state index contributed by atoms with van der Waals surface area (Å²) in [6.45, 7) is 8.76. The molecule has 0 saturated carbocycles. The number of carboxylic acids is 1. The molecular weight excluding hydrogens is 573 g/mol. The van der Waals surface area contributed by atoms with Gasteiger partial charge in [-0.15, -0.1) is 5.10 Å². The van der Waals surface area contributed by atoms with Crippen LogP contribution in [0.2, 0.25) is 0 Å². The number of aliphatic carboxylic acids is 1. The molecule has 0 aliphatic rings. The van der Waals surface area contributed by atoms with Gasteiger partial charge in [-0.2, -0.15) is 6.41 Å². The Morgan fingerprint density at radius 3 is 2.44 bits per heavy atom. The fraction of sp³-hybridized carbons (Fsp3) is 0.667. The van der Waals surface area contributed by atoms with Crippen LogP contribution in [0.1, 0.15) is 40.3 Å². The minimum absolute atomic E-state index is 0. The topological polar surface area (TPSA) is 123 Å². The first kappa shape index (κ1) is 21.6. The molecule has 146 valence electrons. The summed E-state index contributed by atoms with van der Waals surface area (Å²) < 4.78 is 6.68. The number of carboxylic acid groups (broad SMARTS) is 1. The van der Waals surface area contributed by atoms with Crippen molar-refractivity contribution in [3.63, 3.8) is 0 Å². The van der Waals surface area contributed by atoms with Gasteiger partial charge in [0.1, 0.15) is 11.6 Å². The Hall–Kier alpha value is -3.45. The van der Waals surface area contributed by atoms with E-state index in [4.69, 9.17) is 9.84 Å². The van der Waals surface area contributed by atoms with E-state index in [1.54, 1.807) is 34.6 Å². The molecule has 0 aliphatic heterocycles. The smallest absolute Gasteiger partial charge is 0.325 e. The molecule has 2 N–H and O–H groups in total. The van der Waals surface area contributed by atoms with Gasteiger partial charge in [0.25, 0.3) is 0 Å². The zero-order valence-corrected chi connectivity index (χ0v) is 17.2. The number of esters is 1. The van der Waals surface area contributed by atoms with Crippen molar-refractivity contribution in [1.29, 1.82) is 0 Å². The zero-order valence-electron chi connectivity index (χ0n) is 14.8. The number of carbonyl (C=O) groups is 2. The van der Waals surface area contributed by atoms with Gasteiger partial charge in [0.15, 0.2) is 0 Å². The molecule has 0 aromatic carbocycles. The number of nitrogens with zero attached hydrogens (tertiary/aromatic N) is 3. The molecule has 9 nitrogen and oxygen atoms in total. The molecule has 1 aromatic heterocycles. The summed E-state index contributed by atoms with van der Waals surface area (Å²) in [6, 6.07) is -1.16. The van der Waals surface area contributed by atoms with Crippen molar-refractivity contribution in [3.8, 4) is 0 Å². The first-order valence-electron chi connectivity index (χ1n) is 7.42. The monoisotopic (exact) mass is 596 g/mol. The molecule has 1 amide bonds. The summed E-state index contributed by atoms with van der Waals surface area (Å²) >= 11 is 0. The minimum atomic E-state index is -1.20. The van der Waals surface area contributed by atoms with Crippen LogP contribution in [0.15, 0.2) is 6.20 Å². The largest absolute Gasteiger partial charge is 0.520 e. The quantitative estimate of drug-likeness (QED) is 0.252. The molecule has 0 radical (unpaired) electrons. The summed E-state index contributed by atoms with van der Waals surface area (Å²) in [5, 5.41) is 18.8. The molecule has 1 aromatic rings. The second kappa shape index (κ2) is 7.89. The van der Waals surface area contributed by atoms with Gasteiger partial charge in [0.2, 0.25) is 0 Å². The Morgan fingerprint density at radius 2 is 1.96 bits per heavy atom. The van der Waals surface area contributed by atoms with E-state index in [9.17, 15) is 14.4 Å². The van der Waals surface area contributed by atoms with Crippen LogP contribution in [0.3, 0.4) is 0 Å². The molecule has 0 bridgehead atoms. The Morgan fingerprint density at radius 1 is 1.36 bits per heavy atom. The van der Waals surface area contributed by atoms with E-state index in [2.05, 4.69) is 15.6 Å². The van der Waals surface area contributed by atoms with Crippen molar-refractivity contribution in [2.24, 2.45) is 5.41 Å². The Bertz CT molecular complexity index is 609. The molecule has 1 rings (SSSR count). The van der Waals surface area contributed by atoms with Gasteiger partial charge in [-0.1, -0.05) is 5.21 Å². The van der Waals surface area contributed by atoms with Gasteiger partial charge >= 0.3 is 11.9 Å². The van der Waals surface area contributed by atoms with Crippen molar-refractivity contribution in [2.45, 2.75) is 59.2 Å². The van der Waals surface area contributed by atoms with E-state index in [1.807, 2.05) is 0 Å². The molecule has 0 saturated heterocycles. The first-order chi connectivity index (χ1) is 10.9. The summed E-state index contributed by atoms with van der Waals surface area (Å²) in [6.07, 6.45) is 3.17. The zero-order chi connectivity index (χ0) is 18.5. The average molecular weight is 596 g/mol. The standard InChI is InChI=1S/C15H23N4O5.Fm/c1-14(2,3)24-13(23)15(4,5)6-10-7-19(18-17-10)8-11(12(21)22)16-9-20;/h7,11H,6,8H2,1-5H3,(H,16,20)(H,21,22);/q-1;. The van der Waals surface area contributed by atoms with Crippen LogP contribution in [0.25, 0.3) is 0 Å². The van der Waals surface area contributed by atoms with Gasteiger partial charge in [0, 0.05) is 12.6 Å². The molecular formula is C15H23FmN4O5-. The Balaban J connectivity index is 0.00000576. The number of carbonyl (C=O) groups excluding carboxylic acids is 2. The predicted molar refractivity (Wildman–Crippen MR) is 83.6 cm³/mol. The van der Waals surface area contributed by atoms with Crippen LogP contribution < -0.4 is 5.32 Å². The van der Waals surface area contributed by atoms with E-state index < -0.39 is 23.0 Å². The molecule has 1 atom stereocenters. The van der Waals surface area contributed by atoms with Crippen molar-refractivity contribution < 1.29 is 24.2 Å². The van der Waals surface area contributed by atoms with Gasteiger partial charge < -0.3 is 20.0 Å². The average Bonchev–Trinajstić information content (AvgIpc) is 2.82. The third kappa shape index (κ3) is 6.67. The normalized spacial score (nSPS) is 12.7. The van der Waals surface area contributed by atoms with Gasteiger partial charge in [-0.25, -0.2) is 4.68 Å². The summed E-state index contributed by atoms with van der Waals surface area (Å²) in [5.74, 6) is -1.56. The van der Waals surface area contributed by atoms with Crippen LogP contribution in [-0.2, 0) is 32.1 Å². The maximum Gasteiger partial charge on any atom is 0.325 e. The Labute approximate surface area is 140 Å². The molecule has 1 unspecified atom stereocenters. The van der Waals surface area contributed by atoms with E-state index in [1.165, 1.54) is 17.3 Å². The van der Waals surface area contributed by atoms with Crippen molar-refractivity contribution in [2.75, 3.05) is 0 Å². The Kier molecular flexibility index (Phi) is 6.80. The third-order valence-electron chi connectivity index (χ3n) is 3.06. The molecule has 0 aliphatic carbocycles. The van der Waals surface area contributed by atoms with Crippen LogP contribution in [0.5, 0.6) is 0 Å². The second-order valence-electron chi connectivity index (χ2n) is 7.13. The first-order valence-corrected chi connectivity index (χ1v) is 7.42. The van der Waals surface area contributed by atoms with E-state index >= 15 is 0 Å². The molecule has 0 spiro atoms. The maximum absolute atomic E-state index is 12.2. The fourth-order valence-electron chi connectivity index (χ4n) is 1.89. The second-order valence-corrected chi connectivity index (χ2v) is 7.13. The number of aromatic nitrogens is 3. The number of ether oxygens (including phenoxy) is 1. The number of rotatable bonds is 8. The molecule has 10 heteroatoms. The maximum atomic E-state index is 12.2. The van der Waals surface area contributed by atoms with Crippen molar-refractivity contribution >= 4 is 18.3 Å². The van der Waals surface area contributed by atoms with Crippen LogP contribution >= 0.6 is 0 Å². The number of hydrogen-bond acceptors (Lipinski definition) is 6. The third-order valence-corrected chi connectivity index (χ3v) is 3.06. The number of hydrogen-bond donors (Lipinski definition) is 2. The molecule has 1 heterocycles. The summed E-state index contributed by atoms with van der Waals surface area (Å²) in [5.41, 5.74) is -0.877. The number of amides is 1. The van der Waals surface area contributed by atoms with E-state index in [0.29, 0.717) is 5.69 Å². The number of nitrogens with one attached hydrogen (secondary N) is 1. The summed E-state index contributed by atoms with van der Waals surface area (Å²) in [7, 11) is 0. The minimum Gasteiger partial charge on any atom is -0.520 e. The predicted octanol–water partition coefficient (Wildman–Crippen LogP) is 0.299. The van der Waals surface area contributed by atoms with E-state index in [0.717, 1.165) is 0 Å². The SMILES string of the molecule is CC(C)(C)OC(=O)C(C)(C)Cc1cn(CC(N[C-]=O)C(=O)O)nn1.[Fm]. The molecule has 0 fully saturated rings. The molecule has 25 heavy (non-hydrogen) atoms. The van der Waals surface area contributed by atoms with Crippen molar-refractivity contribution in [1.82, 2.24) is 20.3 Å². The van der Waals surface area contributed by atoms with Crippen LogP contribution in [0, 0.1) is 5.41 Å². The summed E-state index contributed by atoms with van der Waals surface area (Å²) in [4.78, 5) is 33.5. The van der Waals surface area contributed by atoms with Gasteiger partial charge in [0.05, 0.1) is 17.7 Å². The van der Waals surface area contributed by atoms with Crippen LogP contribution in [-0.4, -0.2) is 50.1 Å². The van der Waals surface area contributed by atoms with Crippen molar-refractivity contribution in [3.05, 3.63) is 11.9 Å². The van der Waals surface area contributed by atoms with Gasteiger partial charge in [-0.05, 0) is 34.6 Å². The fourth-order valence-corrected chi connectivity index (χ4v) is 1.89.